The van der Waals surface area contributed by atoms with E-state index in [1.807, 2.05) is 19.1 Å². The number of carbonyl (C=O) groups excluding carboxylic acids is 1. The number of rotatable bonds is 10. The van der Waals surface area contributed by atoms with E-state index in [1.54, 1.807) is 0 Å². The van der Waals surface area contributed by atoms with Gasteiger partial charge in [-0.3, -0.25) is 4.79 Å². The van der Waals surface area contributed by atoms with Crippen molar-refractivity contribution in [3.63, 3.8) is 0 Å². The van der Waals surface area contributed by atoms with Crippen LogP contribution < -0.4 is 0 Å². The fraction of sp³-hybridized carbons (Fsp3) is 0.650. The van der Waals surface area contributed by atoms with Crippen molar-refractivity contribution in [3.05, 3.63) is 29.3 Å². The summed E-state index contributed by atoms with van der Waals surface area (Å²) >= 11 is 0. The Hall–Kier alpha value is -1.51. The summed E-state index contributed by atoms with van der Waals surface area (Å²) in [6, 6.07) is 5.99. The minimum absolute atomic E-state index is 0.000265. The van der Waals surface area contributed by atoms with Crippen LogP contribution in [0.2, 0.25) is 0 Å². The highest BCUT2D eigenvalue weighted by atomic mass is 16.5. The van der Waals surface area contributed by atoms with E-state index in [9.17, 15) is 9.90 Å². The average molecular weight is 320 g/mol. The van der Waals surface area contributed by atoms with Crippen molar-refractivity contribution in [2.45, 2.75) is 78.1 Å². The van der Waals surface area contributed by atoms with E-state index in [4.69, 9.17) is 4.74 Å². The Labute approximate surface area is 141 Å². The van der Waals surface area contributed by atoms with Crippen LogP contribution in [0, 0.1) is 0 Å². The van der Waals surface area contributed by atoms with Crippen molar-refractivity contribution < 1.29 is 14.6 Å². The molecule has 0 radical (unpaired) electrons. The molecule has 130 valence electrons. The van der Waals surface area contributed by atoms with Gasteiger partial charge >= 0.3 is 5.97 Å². The summed E-state index contributed by atoms with van der Waals surface area (Å²) in [6.07, 6.45) is 6.74. The lowest BCUT2D eigenvalue weighted by Gasteiger charge is -2.25. The first-order valence-electron chi connectivity index (χ1n) is 8.88. The molecule has 0 bridgehead atoms. The fourth-order valence-corrected chi connectivity index (χ4v) is 2.66. The van der Waals surface area contributed by atoms with Crippen molar-refractivity contribution >= 4 is 5.97 Å². The van der Waals surface area contributed by atoms with Gasteiger partial charge in [0.05, 0.1) is 6.61 Å². The van der Waals surface area contributed by atoms with Crippen LogP contribution in [0.5, 0.6) is 5.75 Å². The molecule has 0 aromatic heterocycles. The number of aromatic hydroxyl groups is 1. The lowest BCUT2D eigenvalue weighted by molar-refractivity contribution is -0.143. The molecule has 1 rings (SSSR count). The standard InChI is InChI=1S/C20H32O3/c1-5-20(3,4)17-15-16(13-14-18(17)21)11-9-7-8-10-12-19(22)23-6-2/h13-15,21H,5-12H2,1-4H3. The molecule has 0 aliphatic rings. The molecule has 0 aliphatic heterocycles. The number of hydrogen-bond donors (Lipinski definition) is 1. The Morgan fingerprint density at radius 2 is 1.83 bits per heavy atom. The maximum absolute atomic E-state index is 11.2. The molecule has 0 saturated carbocycles. The number of benzene rings is 1. The zero-order valence-electron chi connectivity index (χ0n) is 15.2. The molecule has 1 N–H and O–H groups in total. The molecule has 3 nitrogen and oxygen atoms in total. The van der Waals surface area contributed by atoms with Crippen LogP contribution in [0.1, 0.15) is 77.3 Å². The van der Waals surface area contributed by atoms with Gasteiger partial charge in [0, 0.05) is 6.42 Å². The summed E-state index contributed by atoms with van der Waals surface area (Å²) in [5.74, 6) is 0.313. The van der Waals surface area contributed by atoms with Gasteiger partial charge in [-0.15, -0.1) is 0 Å². The largest absolute Gasteiger partial charge is 0.508 e. The van der Waals surface area contributed by atoms with Crippen molar-refractivity contribution in [1.29, 1.82) is 0 Å². The predicted octanol–water partition coefficient (Wildman–Crippen LogP) is 5.14. The number of ether oxygens (including phenoxy) is 1. The number of unbranched alkanes of at least 4 members (excludes halogenated alkanes) is 3. The first-order chi connectivity index (χ1) is 10.9. The van der Waals surface area contributed by atoms with Crippen LogP contribution in [0.15, 0.2) is 18.2 Å². The van der Waals surface area contributed by atoms with E-state index in [0.29, 0.717) is 18.8 Å². The molecule has 0 spiro atoms. The van der Waals surface area contributed by atoms with Crippen LogP contribution in [0.25, 0.3) is 0 Å². The molecular weight excluding hydrogens is 288 g/mol. The monoisotopic (exact) mass is 320 g/mol. The Bertz CT molecular complexity index is 492. The second-order valence-corrected chi connectivity index (χ2v) is 6.81. The summed E-state index contributed by atoms with van der Waals surface area (Å²) in [7, 11) is 0. The summed E-state index contributed by atoms with van der Waals surface area (Å²) in [4.78, 5) is 11.2. The zero-order chi connectivity index (χ0) is 17.3. The normalized spacial score (nSPS) is 11.5. The Morgan fingerprint density at radius 1 is 1.13 bits per heavy atom. The molecule has 3 heteroatoms. The number of hydrogen-bond acceptors (Lipinski definition) is 3. The van der Waals surface area contributed by atoms with Crippen LogP contribution >= 0.6 is 0 Å². The molecular formula is C20H32O3. The van der Waals surface area contributed by atoms with Gasteiger partial charge in [-0.2, -0.15) is 0 Å². The fourth-order valence-electron chi connectivity index (χ4n) is 2.66. The van der Waals surface area contributed by atoms with Crippen LogP contribution in [-0.4, -0.2) is 17.7 Å². The third kappa shape index (κ3) is 6.64. The first kappa shape index (κ1) is 19.5. The van der Waals surface area contributed by atoms with Gasteiger partial charge in [0.25, 0.3) is 0 Å². The van der Waals surface area contributed by atoms with Gasteiger partial charge in [-0.05, 0) is 55.2 Å². The number of esters is 1. The van der Waals surface area contributed by atoms with Crippen LogP contribution in [-0.2, 0) is 21.4 Å². The zero-order valence-corrected chi connectivity index (χ0v) is 15.2. The molecule has 0 heterocycles. The predicted molar refractivity (Wildman–Crippen MR) is 94.8 cm³/mol. The molecule has 0 amide bonds. The van der Waals surface area contributed by atoms with Crippen molar-refractivity contribution in [3.8, 4) is 5.75 Å². The van der Waals surface area contributed by atoms with Crippen molar-refractivity contribution in [2.75, 3.05) is 6.61 Å². The Morgan fingerprint density at radius 3 is 2.48 bits per heavy atom. The van der Waals surface area contributed by atoms with E-state index < -0.39 is 0 Å². The number of phenols is 1. The number of phenolic OH excluding ortho intramolecular Hbond substituents is 1. The summed E-state index contributed by atoms with van der Waals surface area (Å²) < 4.78 is 4.92. The molecule has 1 aromatic carbocycles. The minimum Gasteiger partial charge on any atom is -0.508 e. The SMILES string of the molecule is CCOC(=O)CCCCCCc1ccc(O)c(C(C)(C)CC)c1. The smallest absolute Gasteiger partial charge is 0.305 e. The Balaban J connectivity index is 2.38. The quantitative estimate of drug-likeness (QED) is 0.480. The third-order valence-corrected chi connectivity index (χ3v) is 4.58. The van der Waals surface area contributed by atoms with E-state index in [2.05, 4.69) is 26.8 Å². The summed E-state index contributed by atoms with van der Waals surface area (Å²) in [5, 5.41) is 10.1. The van der Waals surface area contributed by atoms with Gasteiger partial charge in [-0.1, -0.05) is 45.7 Å². The number of aryl methyl sites for hydroxylation is 1. The van der Waals surface area contributed by atoms with Gasteiger partial charge in [0.2, 0.25) is 0 Å². The second kappa shape index (κ2) is 9.59. The topological polar surface area (TPSA) is 46.5 Å². The highest BCUT2D eigenvalue weighted by Crippen LogP contribution is 2.34. The highest BCUT2D eigenvalue weighted by molar-refractivity contribution is 5.69. The van der Waals surface area contributed by atoms with Crippen molar-refractivity contribution in [2.24, 2.45) is 0 Å². The lowest BCUT2D eigenvalue weighted by Crippen LogP contribution is -2.16. The van der Waals surface area contributed by atoms with Gasteiger partial charge in [-0.25, -0.2) is 0 Å². The average Bonchev–Trinajstić information content (AvgIpc) is 2.52. The van der Waals surface area contributed by atoms with Gasteiger partial charge in [0.1, 0.15) is 5.75 Å². The maximum Gasteiger partial charge on any atom is 0.305 e. The second-order valence-electron chi connectivity index (χ2n) is 6.81. The lowest BCUT2D eigenvalue weighted by atomic mass is 9.80. The first-order valence-corrected chi connectivity index (χ1v) is 8.88. The van der Waals surface area contributed by atoms with Crippen LogP contribution in [0.4, 0.5) is 0 Å². The summed E-state index contributed by atoms with van der Waals surface area (Å²) in [6.45, 7) is 8.79. The molecule has 0 unspecified atom stereocenters. The molecule has 0 fully saturated rings. The maximum atomic E-state index is 11.2. The molecule has 0 atom stereocenters. The Kier molecular flexibility index (Phi) is 8.15. The molecule has 0 aliphatic carbocycles. The van der Waals surface area contributed by atoms with Gasteiger partial charge in [0.15, 0.2) is 0 Å². The molecule has 23 heavy (non-hydrogen) atoms. The molecule has 0 saturated heterocycles. The molecule has 1 aromatic rings. The number of carbonyl (C=O) groups is 1. The van der Waals surface area contributed by atoms with E-state index in [0.717, 1.165) is 44.1 Å². The summed E-state index contributed by atoms with van der Waals surface area (Å²) in [5.41, 5.74) is 2.32. The van der Waals surface area contributed by atoms with E-state index in [1.165, 1.54) is 5.56 Å². The van der Waals surface area contributed by atoms with E-state index in [-0.39, 0.29) is 11.4 Å². The van der Waals surface area contributed by atoms with Crippen LogP contribution in [0.3, 0.4) is 0 Å². The van der Waals surface area contributed by atoms with Crippen molar-refractivity contribution in [1.82, 2.24) is 0 Å². The van der Waals surface area contributed by atoms with E-state index >= 15 is 0 Å². The third-order valence-electron chi connectivity index (χ3n) is 4.58. The van der Waals surface area contributed by atoms with Gasteiger partial charge < -0.3 is 9.84 Å². The highest BCUT2D eigenvalue weighted by Gasteiger charge is 2.21. The minimum atomic E-state index is -0.0857.